The minimum absolute atomic E-state index is 0.0401. The molecule has 0 aliphatic carbocycles. The lowest BCUT2D eigenvalue weighted by Crippen LogP contribution is -2.44. The van der Waals surface area contributed by atoms with Crippen molar-refractivity contribution in [3.05, 3.63) is 64.3 Å². The number of aliphatic hydroxyl groups is 1. The predicted molar refractivity (Wildman–Crippen MR) is 198 cm³/mol. The Balaban J connectivity index is 1.74. The SMILES string of the molecule is Cc1cc(SC2(Sc3cc(C)c(OCCCCO)c(C(C)(C)C)c3)CCN(S(=O)(=O)c3ccc(C(=O)O)n3C)CC2)cc(C(C)(C)C)c1O. The number of phenolic OH excluding ortho intramolecular Hbond substituents is 1. The number of ether oxygens (including phenoxy) is 1. The molecule has 0 amide bonds. The highest BCUT2D eigenvalue weighted by Gasteiger charge is 2.42. The Morgan fingerprint density at radius 3 is 1.96 bits per heavy atom. The van der Waals surface area contributed by atoms with Crippen molar-refractivity contribution in [2.24, 2.45) is 7.05 Å². The number of hydrogen-bond acceptors (Lipinski definition) is 8. The van der Waals surface area contributed by atoms with Gasteiger partial charge in [-0.05, 0) is 97.9 Å². The van der Waals surface area contributed by atoms with Gasteiger partial charge in [0.2, 0.25) is 0 Å². The normalized spacial score (nSPS) is 15.8. The number of benzene rings is 2. The Morgan fingerprint density at radius 2 is 1.45 bits per heavy atom. The van der Waals surface area contributed by atoms with E-state index in [1.807, 2.05) is 13.0 Å². The summed E-state index contributed by atoms with van der Waals surface area (Å²) in [4.78, 5) is 13.7. The van der Waals surface area contributed by atoms with Crippen LogP contribution in [0.5, 0.6) is 11.5 Å². The molecule has 1 aliphatic rings. The third-order valence-corrected chi connectivity index (χ3v) is 13.9. The Hall–Kier alpha value is -2.64. The minimum Gasteiger partial charge on any atom is -0.507 e. The van der Waals surface area contributed by atoms with Gasteiger partial charge < -0.3 is 24.6 Å². The van der Waals surface area contributed by atoms with Crippen LogP contribution in [0, 0.1) is 13.8 Å². The van der Waals surface area contributed by atoms with Crippen molar-refractivity contribution >= 4 is 39.5 Å². The van der Waals surface area contributed by atoms with Gasteiger partial charge >= 0.3 is 5.97 Å². The molecule has 1 fully saturated rings. The Kier molecular flexibility index (Phi) is 11.9. The smallest absolute Gasteiger partial charge is 0.352 e. The molecule has 0 spiro atoms. The summed E-state index contributed by atoms with van der Waals surface area (Å²) >= 11 is 3.46. The molecule has 2 aromatic carbocycles. The lowest BCUT2D eigenvalue weighted by atomic mass is 9.85. The molecular weight excluding hydrogens is 681 g/mol. The number of thioether (sulfide) groups is 2. The molecule has 3 N–H and O–H groups in total. The molecule has 0 saturated carbocycles. The van der Waals surface area contributed by atoms with Crippen LogP contribution in [0.3, 0.4) is 0 Å². The second-order valence-corrected chi connectivity index (χ2v) is 20.0. The lowest BCUT2D eigenvalue weighted by Gasteiger charge is -2.41. The first-order valence-corrected chi connectivity index (χ1v) is 19.8. The molecule has 1 aromatic heterocycles. The first-order chi connectivity index (χ1) is 22.7. The van der Waals surface area contributed by atoms with Crippen molar-refractivity contribution < 1.29 is 33.3 Å². The van der Waals surface area contributed by atoms with Crippen LogP contribution in [0.15, 0.2) is 51.2 Å². The Bertz CT molecular complexity index is 1780. The summed E-state index contributed by atoms with van der Waals surface area (Å²) in [7, 11) is -2.48. The molecular formula is C37H52N2O7S3. The molecule has 12 heteroatoms. The molecule has 9 nitrogen and oxygen atoms in total. The molecule has 3 aromatic rings. The van der Waals surface area contributed by atoms with E-state index in [0.717, 1.165) is 44.2 Å². The van der Waals surface area contributed by atoms with E-state index in [-0.39, 0.29) is 41.2 Å². The van der Waals surface area contributed by atoms with Gasteiger partial charge in [-0.2, -0.15) is 4.31 Å². The van der Waals surface area contributed by atoms with Gasteiger partial charge in [0.05, 0.1) is 10.7 Å². The summed E-state index contributed by atoms with van der Waals surface area (Å²) in [6.07, 6.45) is 2.51. The zero-order valence-electron chi connectivity index (χ0n) is 30.2. The van der Waals surface area contributed by atoms with Gasteiger partial charge in [0.15, 0.2) is 5.03 Å². The molecule has 2 heterocycles. The number of piperidine rings is 1. The van der Waals surface area contributed by atoms with Gasteiger partial charge in [0, 0.05) is 47.7 Å². The predicted octanol–water partition coefficient (Wildman–Crippen LogP) is 7.86. The molecule has 0 bridgehead atoms. The number of hydrogen-bond donors (Lipinski definition) is 3. The van der Waals surface area contributed by atoms with Crippen LogP contribution < -0.4 is 4.74 Å². The van der Waals surface area contributed by atoms with E-state index in [1.54, 1.807) is 23.5 Å². The van der Waals surface area contributed by atoms with Gasteiger partial charge in [0.25, 0.3) is 10.0 Å². The van der Waals surface area contributed by atoms with Crippen molar-refractivity contribution in [3.8, 4) is 11.5 Å². The standard InChI is InChI=1S/C37H52N2O7S3/c1-24-20-26(22-28(32(24)41)35(3,4)5)47-37(14-16-39(17-15-37)49(44,45)31-13-12-30(34(42)43)38(31)9)48-27-21-25(2)33(46-19-11-10-18-40)29(23-27)36(6,7)8/h12-13,20-23,40-41H,10-11,14-19H2,1-9H3,(H,42,43). The van der Waals surface area contributed by atoms with E-state index in [0.29, 0.717) is 31.6 Å². The quantitative estimate of drug-likeness (QED) is 0.126. The number of carboxylic acids is 1. The number of aryl methyl sites for hydroxylation is 2. The first kappa shape index (κ1) is 39.2. The van der Waals surface area contributed by atoms with Crippen molar-refractivity contribution in [1.29, 1.82) is 0 Å². The van der Waals surface area contributed by atoms with E-state index in [1.165, 1.54) is 28.1 Å². The van der Waals surface area contributed by atoms with Gasteiger partial charge in [-0.15, -0.1) is 23.5 Å². The fraction of sp³-hybridized carbons (Fsp3) is 0.541. The number of carbonyl (C=O) groups is 1. The zero-order chi connectivity index (χ0) is 36.5. The number of sulfonamides is 1. The van der Waals surface area contributed by atoms with Crippen LogP contribution in [0.4, 0.5) is 0 Å². The van der Waals surface area contributed by atoms with Crippen LogP contribution in [-0.4, -0.2) is 69.0 Å². The Morgan fingerprint density at radius 1 is 0.898 bits per heavy atom. The summed E-state index contributed by atoms with van der Waals surface area (Å²) in [6.45, 7) is 17.9. The average Bonchev–Trinajstić information content (AvgIpc) is 3.39. The number of aromatic hydroxyl groups is 1. The third kappa shape index (κ3) is 8.81. The zero-order valence-corrected chi connectivity index (χ0v) is 32.7. The monoisotopic (exact) mass is 732 g/mol. The van der Waals surface area contributed by atoms with E-state index in [4.69, 9.17) is 4.74 Å². The number of carboxylic acid groups (broad SMARTS) is 1. The maximum Gasteiger partial charge on any atom is 0.352 e. The fourth-order valence-electron chi connectivity index (χ4n) is 6.13. The lowest BCUT2D eigenvalue weighted by molar-refractivity contribution is 0.0685. The van der Waals surface area contributed by atoms with Crippen molar-refractivity contribution in [1.82, 2.24) is 8.87 Å². The maximum atomic E-state index is 13.8. The number of aromatic nitrogens is 1. The van der Waals surface area contributed by atoms with E-state index in [2.05, 4.69) is 66.7 Å². The minimum atomic E-state index is -3.94. The van der Waals surface area contributed by atoms with Gasteiger partial charge in [-0.1, -0.05) is 41.5 Å². The van der Waals surface area contributed by atoms with E-state index in [9.17, 15) is 28.5 Å². The molecule has 0 atom stereocenters. The molecule has 1 saturated heterocycles. The van der Waals surface area contributed by atoms with E-state index >= 15 is 0 Å². The highest BCUT2D eigenvalue weighted by Crippen LogP contribution is 2.54. The summed E-state index contributed by atoms with van der Waals surface area (Å²) in [6, 6.07) is 11.1. The Labute approximate surface area is 300 Å². The van der Waals surface area contributed by atoms with Crippen molar-refractivity contribution in [2.75, 3.05) is 26.3 Å². The maximum absolute atomic E-state index is 13.8. The molecule has 0 radical (unpaired) electrons. The highest BCUT2D eigenvalue weighted by molar-refractivity contribution is 8.18. The van der Waals surface area contributed by atoms with Gasteiger partial charge in [0.1, 0.15) is 17.2 Å². The number of aliphatic hydroxyl groups excluding tert-OH is 1. The van der Waals surface area contributed by atoms with Crippen LogP contribution in [0.1, 0.15) is 100.0 Å². The fourth-order valence-corrected chi connectivity index (χ4v) is 10.9. The number of aromatic carboxylic acids is 1. The van der Waals surface area contributed by atoms with Crippen LogP contribution in [0.25, 0.3) is 0 Å². The number of nitrogens with zero attached hydrogens (tertiary/aromatic N) is 2. The van der Waals surface area contributed by atoms with Crippen LogP contribution in [0.2, 0.25) is 0 Å². The van der Waals surface area contributed by atoms with Crippen LogP contribution in [-0.2, 0) is 27.9 Å². The molecule has 0 unspecified atom stereocenters. The summed E-state index contributed by atoms with van der Waals surface area (Å²) in [5, 5.41) is 29.7. The first-order valence-electron chi connectivity index (χ1n) is 16.7. The number of unbranched alkanes of at least 4 members (excludes halogenated alkanes) is 1. The summed E-state index contributed by atoms with van der Waals surface area (Å²) in [5.41, 5.74) is 3.20. The molecule has 4 rings (SSSR count). The van der Waals surface area contributed by atoms with Crippen molar-refractivity contribution in [3.63, 3.8) is 0 Å². The topological polar surface area (TPSA) is 129 Å². The second-order valence-electron chi connectivity index (χ2n) is 15.0. The largest absolute Gasteiger partial charge is 0.507 e. The number of rotatable bonds is 12. The second kappa shape index (κ2) is 14.9. The highest BCUT2D eigenvalue weighted by atomic mass is 32.2. The molecule has 1 aliphatic heterocycles. The summed E-state index contributed by atoms with van der Waals surface area (Å²) in [5.74, 6) is -0.0211. The summed E-state index contributed by atoms with van der Waals surface area (Å²) < 4.78 is 36.2. The van der Waals surface area contributed by atoms with Gasteiger partial charge in [-0.25, -0.2) is 13.2 Å². The van der Waals surface area contributed by atoms with E-state index < -0.39 is 20.1 Å². The van der Waals surface area contributed by atoms with Crippen LogP contribution >= 0.6 is 23.5 Å². The van der Waals surface area contributed by atoms with Crippen molar-refractivity contribution in [2.45, 2.75) is 111 Å². The number of phenols is 1. The molecule has 270 valence electrons. The molecule has 49 heavy (non-hydrogen) atoms. The third-order valence-electron chi connectivity index (χ3n) is 8.93. The van der Waals surface area contributed by atoms with Gasteiger partial charge in [-0.3, -0.25) is 0 Å². The average molecular weight is 733 g/mol.